The molecule has 0 saturated carbocycles. The third kappa shape index (κ3) is 3.95. The second-order valence-corrected chi connectivity index (χ2v) is 9.28. The first-order chi connectivity index (χ1) is 16.3. The van der Waals surface area contributed by atoms with Crippen LogP contribution in [-0.2, 0) is 4.79 Å². The van der Waals surface area contributed by atoms with E-state index in [9.17, 15) is 18.8 Å². The molecule has 0 spiro atoms. The van der Waals surface area contributed by atoms with Crippen LogP contribution in [0.15, 0.2) is 59.5 Å². The zero-order valence-electron chi connectivity index (χ0n) is 17.6. The predicted octanol–water partition coefficient (Wildman–Crippen LogP) is 2.62. The molecule has 0 bridgehead atoms. The summed E-state index contributed by atoms with van der Waals surface area (Å²) in [5, 5.41) is 8.72. The van der Waals surface area contributed by atoms with Crippen LogP contribution in [0.2, 0.25) is 0 Å². The number of alkyl halides is 1. The first kappa shape index (κ1) is 22.2. The third-order valence-electron chi connectivity index (χ3n) is 5.89. The molecule has 3 N–H and O–H groups in total. The van der Waals surface area contributed by atoms with E-state index in [1.54, 1.807) is 41.4 Å². The number of amides is 2. The number of rotatable bonds is 4. The second-order valence-electron chi connectivity index (χ2n) is 8.01. The molecule has 3 heterocycles. The van der Waals surface area contributed by atoms with Gasteiger partial charge in [0.2, 0.25) is 5.91 Å². The molecule has 0 radical (unpaired) electrons. The first-order valence-corrected chi connectivity index (χ1v) is 11.7. The van der Waals surface area contributed by atoms with Crippen LogP contribution in [0.4, 0.5) is 4.39 Å². The van der Waals surface area contributed by atoms with E-state index in [1.807, 2.05) is 0 Å². The third-order valence-corrected chi connectivity index (χ3v) is 7.43. The van der Waals surface area contributed by atoms with Crippen LogP contribution >= 0.6 is 22.6 Å². The van der Waals surface area contributed by atoms with Crippen molar-refractivity contribution in [1.29, 1.82) is 0 Å². The van der Waals surface area contributed by atoms with Crippen molar-refractivity contribution in [2.75, 3.05) is 6.54 Å². The smallest absolute Gasteiger partial charge is 0.258 e. The topological polar surface area (TPSA) is 127 Å². The van der Waals surface area contributed by atoms with Crippen LogP contribution in [0.1, 0.15) is 16.8 Å². The van der Waals surface area contributed by atoms with E-state index in [1.165, 1.54) is 22.9 Å². The van der Waals surface area contributed by atoms with Gasteiger partial charge in [0.25, 0.3) is 11.5 Å². The monoisotopic (exact) mass is 572 g/mol. The maximum atomic E-state index is 13.6. The van der Waals surface area contributed by atoms with Crippen molar-refractivity contribution >= 4 is 45.3 Å². The zero-order chi connectivity index (χ0) is 24.0. The number of aromatic nitrogens is 4. The van der Waals surface area contributed by atoms with Crippen molar-refractivity contribution in [3.05, 3.63) is 76.5 Å². The van der Waals surface area contributed by atoms with Crippen LogP contribution < -0.4 is 11.3 Å². The molecule has 4 aromatic rings. The lowest BCUT2D eigenvalue weighted by molar-refractivity contribution is -0.121. The number of aromatic amines is 1. The minimum absolute atomic E-state index is 0.177. The van der Waals surface area contributed by atoms with Gasteiger partial charge in [-0.15, -0.1) is 5.10 Å². The molecule has 11 heteroatoms. The molecule has 2 atom stereocenters. The van der Waals surface area contributed by atoms with Crippen LogP contribution in [0, 0.1) is 11.7 Å². The molecule has 34 heavy (non-hydrogen) atoms. The standard InChI is InChI=1S/C23H18FIN6O3/c24-14-3-6-18-13(9-14)10-17(22(33)27-18)19-11-31(29-28-19)15-4-1-12(2-5-15)23(34)30-8-7-16(20(30)25)21(26)32/h1-6,9-11,16,20H,7-8H2,(H2,26,32)(H,27,33). The molecule has 1 fully saturated rings. The molecule has 2 aromatic carbocycles. The van der Waals surface area contributed by atoms with Gasteiger partial charge in [-0.25, -0.2) is 9.07 Å². The Hall–Kier alpha value is -3.61. The maximum Gasteiger partial charge on any atom is 0.258 e. The number of hydrogen-bond acceptors (Lipinski definition) is 5. The summed E-state index contributed by atoms with van der Waals surface area (Å²) >= 11 is 2.08. The fraction of sp³-hybridized carbons (Fsp3) is 0.174. The van der Waals surface area contributed by atoms with Gasteiger partial charge in [0.05, 0.1) is 27.4 Å². The number of hydrogen-bond donors (Lipinski definition) is 2. The minimum atomic E-state index is -0.406. The summed E-state index contributed by atoms with van der Waals surface area (Å²) in [6.07, 6.45) is 2.14. The lowest BCUT2D eigenvalue weighted by Gasteiger charge is -2.22. The van der Waals surface area contributed by atoms with Gasteiger partial charge in [-0.05, 0) is 55.0 Å². The van der Waals surface area contributed by atoms with Crippen molar-refractivity contribution in [3.8, 4) is 16.9 Å². The summed E-state index contributed by atoms with van der Waals surface area (Å²) in [4.78, 5) is 41.3. The Morgan fingerprint density at radius 2 is 1.91 bits per heavy atom. The summed E-state index contributed by atoms with van der Waals surface area (Å²) in [6, 6.07) is 12.5. The van der Waals surface area contributed by atoms with E-state index in [2.05, 4.69) is 37.9 Å². The predicted molar refractivity (Wildman–Crippen MR) is 131 cm³/mol. The van der Waals surface area contributed by atoms with Gasteiger partial charge in [-0.1, -0.05) is 27.8 Å². The van der Waals surface area contributed by atoms with Crippen molar-refractivity contribution in [3.63, 3.8) is 0 Å². The molecule has 172 valence electrons. The highest BCUT2D eigenvalue weighted by Gasteiger charge is 2.38. The number of carbonyl (C=O) groups is 2. The number of pyridine rings is 1. The molecule has 9 nitrogen and oxygen atoms in total. The van der Waals surface area contributed by atoms with Gasteiger partial charge >= 0.3 is 0 Å². The largest absolute Gasteiger partial charge is 0.369 e. The molecule has 0 aliphatic carbocycles. The lowest BCUT2D eigenvalue weighted by Crippen LogP contribution is -2.37. The quantitative estimate of drug-likeness (QED) is 0.221. The van der Waals surface area contributed by atoms with Crippen molar-refractivity contribution in [2.45, 2.75) is 10.5 Å². The molecule has 1 saturated heterocycles. The summed E-state index contributed by atoms with van der Waals surface area (Å²) in [5.41, 5.74) is 7.30. The number of nitrogens with one attached hydrogen (secondary N) is 1. The van der Waals surface area contributed by atoms with Crippen LogP contribution in [0.3, 0.4) is 0 Å². The van der Waals surface area contributed by atoms with Gasteiger partial charge in [-0.3, -0.25) is 14.4 Å². The Labute approximate surface area is 205 Å². The number of fused-ring (bicyclic) bond motifs is 1. The number of nitrogens with two attached hydrogens (primary N) is 1. The van der Waals surface area contributed by atoms with Gasteiger partial charge in [0.1, 0.15) is 11.5 Å². The summed E-state index contributed by atoms with van der Waals surface area (Å²) in [5.74, 6) is -1.34. The van der Waals surface area contributed by atoms with Crippen molar-refractivity contribution in [1.82, 2.24) is 24.9 Å². The van der Waals surface area contributed by atoms with Crippen molar-refractivity contribution < 1.29 is 14.0 Å². The molecule has 2 unspecified atom stereocenters. The summed E-state index contributed by atoms with van der Waals surface area (Å²) < 4.78 is 14.8. The Kier molecular flexibility index (Phi) is 5.63. The van der Waals surface area contributed by atoms with Gasteiger partial charge in [-0.2, -0.15) is 0 Å². The second kappa shape index (κ2) is 8.63. The average molecular weight is 572 g/mol. The highest BCUT2D eigenvalue weighted by molar-refractivity contribution is 14.1. The normalized spacial score (nSPS) is 17.9. The van der Waals surface area contributed by atoms with E-state index in [-0.39, 0.29) is 27.0 Å². The molecular weight excluding hydrogens is 554 g/mol. The van der Waals surface area contributed by atoms with Crippen LogP contribution in [0.5, 0.6) is 0 Å². The highest BCUT2D eigenvalue weighted by Crippen LogP contribution is 2.30. The van der Waals surface area contributed by atoms with E-state index < -0.39 is 11.7 Å². The Morgan fingerprint density at radius 3 is 2.62 bits per heavy atom. The summed E-state index contributed by atoms with van der Waals surface area (Å²) in [6.45, 7) is 0.471. The number of halogens is 2. The van der Waals surface area contributed by atoms with Gasteiger partial charge in [0, 0.05) is 23.0 Å². The van der Waals surface area contributed by atoms with E-state index in [0.29, 0.717) is 40.8 Å². The molecule has 2 amide bonds. The molecule has 5 rings (SSSR count). The SMILES string of the molecule is NC(=O)C1CCN(C(=O)c2ccc(-n3cc(-c4cc5cc(F)ccc5[nH]c4=O)nn3)cc2)C1I. The number of benzene rings is 2. The number of H-pyrrole nitrogens is 1. The Morgan fingerprint density at radius 1 is 1.15 bits per heavy atom. The highest BCUT2D eigenvalue weighted by atomic mass is 127. The lowest BCUT2D eigenvalue weighted by atomic mass is 10.1. The molecule has 2 aromatic heterocycles. The van der Waals surface area contributed by atoms with Gasteiger partial charge in [0.15, 0.2) is 0 Å². The average Bonchev–Trinajstić information content (AvgIpc) is 3.46. The van der Waals surface area contributed by atoms with Crippen LogP contribution in [-0.4, -0.2) is 47.3 Å². The Bertz CT molecular complexity index is 1480. The van der Waals surface area contributed by atoms with E-state index >= 15 is 0 Å². The first-order valence-electron chi connectivity index (χ1n) is 10.4. The fourth-order valence-electron chi connectivity index (χ4n) is 4.05. The fourth-order valence-corrected chi connectivity index (χ4v) is 5.30. The number of primary amides is 1. The van der Waals surface area contributed by atoms with Crippen LogP contribution in [0.25, 0.3) is 27.8 Å². The van der Waals surface area contributed by atoms with E-state index in [4.69, 9.17) is 5.73 Å². The molecule has 1 aliphatic rings. The Balaban J connectivity index is 1.39. The van der Waals surface area contributed by atoms with Crippen molar-refractivity contribution in [2.24, 2.45) is 11.7 Å². The maximum absolute atomic E-state index is 13.6. The number of likely N-dealkylation sites (tertiary alicyclic amines) is 1. The molecule has 1 aliphatic heterocycles. The number of carbonyl (C=O) groups excluding carboxylic acids is 2. The number of nitrogens with zero attached hydrogens (tertiary/aromatic N) is 4. The molecular formula is C23H18FIN6O3. The van der Waals surface area contributed by atoms with E-state index in [0.717, 1.165) is 0 Å². The zero-order valence-corrected chi connectivity index (χ0v) is 19.8. The van der Waals surface area contributed by atoms with Gasteiger partial charge < -0.3 is 15.6 Å². The minimum Gasteiger partial charge on any atom is -0.369 e. The summed E-state index contributed by atoms with van der Waals surface area (Å²) in [7, 11) is 0.